The molecule has 0 spiro atoms. The van der Waals surface area contributed by atoms with Gasteiger partial charge in [-0.3, -0.25) is 4.79 Å². The van der Waals surface area contributed by atoms with Crippen LogP contribution in [0.5, 0.6) is 0 Å². The largest absolute Gasteiger partial charge is 0.618 e. The number of alkyl halides is 3. The van der Waals surface area contributed by atoms with Gasteiger partial charge in [0.1, 0.15) is 0 Å². The predicted octanol–water partition coefficient (Wildman–Crippen LogP) is 1.16. The van der Waals surface area contributed by atoms with Gasteiger partial charge in [0.2, 0.25) is 5.78 Å². The van der Waals surface area contributed by atoms with Crippen molar-refractivity contribution in [2.75, 3.05) is 31.1 Å². The Balaban J connectivity index is 0.00000243. The van der Waals surface area contributed by atoms with Gasteiger partial charge in [0, 0.05) is 50.9 Å². The van der Waals surface area contributed by atoms with E-state index in [1.54, 1.807) is 0 Å². The Hall–Kier alpha value is -2.33. The summed E-state index contributed by atoms with van der Waals surface area (Å²) in [6.07, 6.45) is -5.12. The standard InChI is InChI=1S/C15H15F3N4O3.ClH/c1-9(23)13-14(15(16,17)18)22(25)11-3-2-10(8-12(11)21(13)24)20-6-4-19-5-7-20;/h2-3,8,19H,4-7H2,1H3;1H. The van der Waals surface area contributed by atoms with Gasteiger partial charge in [-0.1, -0.05) is 0 Å². The second kappa shape index (κ2) is 7.12. The van der Waals surface area contributed by atoms with Gasteiger partial charge >= 0.3 is 17.6 Å². The first-order valence-corrected chi connectivity index (χ1v) is 7.58. The molecule has 26 heavy (non-hydrogen) atoms. The molecular formula is C15H16ClF3N4O3. The van der Waals surface area contributed by atoms with Gasteiger partial charge in [-0.25, -0.2) is 0 Å². The fourth-order valence-corrected chi connectivity index (χ4v) is 2.96. The van der Waals surface area contributed by atoms with E-state index < -0.39 is 28.9 Å². The fraction of sp³-hybridized carbons (Fsp3) is 0.400. The van der Waals surface area contributed by atoms with E-state index in [1.165, 1.54) is 18.2 Å². The zero-order valence-corrected chi connectivity index (χ0v) is 14.5. The first-order valence-electron chi connectivity index (χ1n) is 7.58. The average Bonchev–Trinajstić information content (AvgIpc) is 2.56. The highest BCUT2D eigenvalue weighted by molar-refractivity contribution is 5.92. The number of nitrogens with zero attached hydrogens (tertiary/aromatic N) is 3. The molecule has 1 fully saturated rings. The third-order valence-electron chi connectivity index (χ3n) is 4.11. The van der Waals surface area contributed by atoms with E-state index in [4.69, 9.17) is 0 Å². The van der Waals surface area contributed by atoms with Crippen LogP contribution in [0.2, 0.25) is 0 Å². The number of fused-ring (bicyclic) bond motifs is 1. The van der Waals surface area contributed by atoms with Crippen molar-refractivity contribution in [1.82, 2.24) is 5.32 Å². The summed E-state index contributed by atoms with van der Waals surface area (Å²) in [6, 6.07) is 4.01. The van der Waals surface area contributed by atoms with Crippen molar-refractivity contribution in [3.63, 3.8) is 0 Å². The number of hydrogen-bond acceptors (Lipinski definition) is 5. The number of rotatable bonds is 2. The summed E-state index contributed by atoms with van der Waals surface area (Å²) in [5.41, 5.74) is -3.10. The van der Waals surface area contributed by atoms with E-state index in [2.05, 4.69) is 5.32 Å². The van der Waals surface area contributed by atoms with Crippen molar-refractivity contribution in [3.8, 4) is 0 Å². The van der Waals surface area contributed by atoms with Crippen LogP contribution in [0.15, 0.2) is 18.2 Å². The summed E-state index contributed by atoms with van der Waals surface area (Å²) in [5, 5.41) is 27.8. The molecule has 0 atom stereocenters. The molecule has 1 aliphatic rings. The number of anilines is 1. The molecule has 0 radical (unpaired) electrons. The predicted molar refractivity (Wildman–Crippen MR) is 89.2 cm³/mol. The number of piperazine rings is 1. The monoisotopic (exact) mass is 392 g/mol. The zero-order chi connectivity index (χ0) is 18.4. The average molecular weight is 393 g/mol. The molecule has 1 aliphatic heterocycles. The third-order valence-corrected chi connectivity index (χ3v) is 4.11. The number of carbonyl (C=O) groups excluding carboxylic acids is 1. The number of hydrogen-bond donors (Lipinski definition) is 1. The summed E-state index contributed by atoms with van der Waals surface area (Å²) in [7, 11) is 0. The molecule has 7 nitrogen and oxygen atoms in total. The van der Waals surface area contributed by atoms with Crippen molar-refractivity contribution in [2.24, 2.45) is 0 Å². The maximum Gasteiger partial charge on any atom is 0.486 e. The lowest BCUT2D eigenvalue weighted by Gasteiger charge is -2.29. The minimum Gasteiger partial charge on any atom is -0.618 e. The lowest BCUT2D eigenvalue weighted by Crippen LogP contribution is -2.50. The second-order valence-electron chi connectivity index (χ2n) is 5.75. The van der Waals surface area contributed by atoms with Crippen molar-refractivity contribution in [1.29, 1.82) is 0 Å². The topological polar surface area (TPSA) is 86.2 Å². The van der Waals surface area contributed by atoms with Crippen molar-refractivity contribution in [2.45, 2.75) is 13.1 Å². The van der Waals surface area contributed by atoms with E-state index in [1.807, 2.05) is 4.90 Å². The van der Waals surface area contributed by atoms with Crippen molar-refractivity contribution < 1.29 is 27.4 Å². The summed E-state index contributed by atoms with van der Waals surface area (Å²) in [6.45, 7) is 3.58. The van der Waals surface area contributed by atoms with Crippen LogP contribution in [0.4, 0.5) is 18.9 Å². The van der Waals surface area contributed by atoms with E-state index in [-0.39, 0.29) is 27.4 Å². The molecule has 0 saturated carbocycles. The maximum absolute atomic E-state index is 13.2. The molecule has 11 heteroatoms. The maximum atomic E-state index is 13.2. The number of nitrogens with one attached hydrogen (secondary N) is 1. The number of halogens is 4. The number of aromatic nitrogens is 2. The summed E-state index contributed by atoms with van der Waals surface area (Å²) in [4.78, 5) is 13.6. The van der Waals surface area contributed by atoms with Gasteiger partial charge < -0.3 is 20.6 Å². The van der Waals surface area contributed by atoms with Crippen molar-refractivity contribution in [3.05, 3.63) is 40.0 Å². The molecular weight excluding hydrogens is 377 g/mol. The molecule has 1 N–H and O–H groups in total. The van der Waals surface area contributed by atoms with Crippen LogP contribution in [0.1, 0.15) is 23.1 Å². The van der Waals surface area contributed by atoms with Crippen molar-refractivity contribution >= 4 is 34.9 Å². The van der Waals surface area contributed by atoms with Gasteiger partial charge in [0.15, 0.2) is 0 Å². The van der Waals surface area contributed by atoms with E-state index in [0.29, 0.717) is 18.8 Å². The first kappa shape index (κ1) is 20.0. The van der Waals surface area contributed by atoms with Gasteiger partial charge in [-0.2, -0.15) is 17.9 Å². The Labute approximate surface area is 152 Å². The molecule has 0 bridgehead atoms. The van der Waals surface area contributed by atoms with Crippen LogP contribution >= 0.6 is 12.4 Å². The third kappa shape index (κ3) is 3.34. The molecule has 0 aliphatic carbocycles. The van der Waals surface area contributed by atoms with Crippen LogP contribution in [-0.4, -0.2) is 32.0 Å². The lowest BCUT2D eigenvalue weighted by molar-refractivity contribution is -0.647. The minimum absolute atomic E-state index is 0. The Bertz CT molecular complexity index is 854. The van der Waals surface area contributed by atoms with Gasteiger partial charge in [-0.15, -0.1) is 17.1 Å². The number of benzene rings is 1. The number of ketones is 1. The van der Waals surface area contributed by atoms with Crippen LogP contribution in [0, 0.1) is 10.4 Å². The Morgan fingerprint density at radius 1 is 1.15 bits per heavy atom. The van der Waals surface area contributed by atoms with Gasteiger partial charge in [-0.05, 0) is 6.07 Å². The van der Waals surface area contributed by atoms with E-state index in [9.17, 15) is 28.4 Å². The molecule has 2 aromatic rings. The van der Waals surface area contributed by atoms with E-state index >= 15 is 0 Å². The number of carbonyl (C=O) groups is 1. The van der Waals surface area contributed by atoms with Crippen LogP contribution < -0.4 is 19.7 Å². The Morgan fingerprint density at radius 3 is 2.31 bits per heavy atom. The highest BCUT2D eigenvalue weighted by Crippen LogP contribution is 2.30. The molecule has 0 amide bonds. The SMILES string of the molecule is CC(=O)c1c(C(F)(F)F)[n+]([O-])c2ccc(N3CCNCC3)cc2[n+]1[O-].Cl. The molecule has 3 rings (SSSR count). The quantitative estimate of drug-likeness (QED) is 0.471. The molecule has 1 aromatic heterocycles. The molecule has 1 aromatic carbocycles. The molecule has 0 unspecified atom stereocenters. The number of Topliss-reactive ketones (excluding diaryl/α,β-unsaturated/α-hetero) is 1. The highest BCUT2D eigenvalue weighted by Gasteiger charge is 2.50. The van der Waals surface area contributed by atoms with Gasteiger partial charge in [0.25, 0.3) is 11.0 Å². The van der Waals surface area contributed by atoms with Crippen LogP contribution in [-0.2, 0) is 6.18 Å². The summed E-state index contributed by atoms with van der Waals surface area (Å²) in [5.74, 6) is -1.12. The zero-order valence-electron chi connectivity index (χ0n) is 13.7. The molecule has 1 saturated heterocycles. The van der Waals surface area contributed by atoms with Gasteiger partial charge in [0.05, 0.1) is 0 Å². The summed E-state index contributed by atoms with van der Waals surface area (Å²) >= 11 is 0. The Kier molecular flexibility index (Phi) is 5.47. The normalized spacial score (nSPS) is 15.0. The lowest BCUT2D eigenvalue weighted by atomic mass is 10.1. The minimum atomic E-state index is -5.12. The molecule has 142 valence electrons. The summed E-state index contributed by atoms with van der Waals surface area (Å²) < 4.78 is 39.1. The second-order valence-corrected chi connectivity index (χ2v) is 5.75. The Morgan fingerprint density at radius 2 is 1.77 bits per heavy atom. The highest BCUT2D eigenvalue weighted by atomic mass is 35.5. The smallest absolute Gasteiger partial charge is 0.486 e. The van der Waals surface area contributed by atoms with E-state index in [0.717, 1.165) is 20.0 Å². The fourth-order valence-electron chi connectivity index (χ4n) is 2.96. The van der Waals surface area contributed by atoms with Crippen LogP contribution in [0.3, 0.4) is 0 Å². The first-order chi connectivity index (χ1) is 11.7. The molecule has 2 heterocycles. The van der Waals surface area contributed by atoms with Crippen LogP contribution in [0.25, 0.3) is 11.0 Å².